The van der Waals surface area contributed by atoms with E-state index >= 15 is 0 Å². The average Bonchev–Trinajstić information content (AvgIpc) is 2.98. The van der Waals surface area contributed by atoms with Crippen molar-refractivity contribution in [1.29, 1.82) is 0 Å². The van der Waals surface area contributed by atoms with Crippen molar-refractivity contribution in [3.05, 3.63) is 75.7 Å². The largest absolute Gasteiger partial charge is 0.350 e. The quantitative estimate of drug-likeness (QED) is 0.702. The van der Waals surface area contributed by atoms with E-state index in [1.54, 1.807) is 58.3 Å². The van der Waals surface area contributed by atoms with Gasteiger partial charge in [-0.2, -0.15) is 4.68 Å². The molecule has 0 radical (unpaired) electrons. The Morgan fingerprint density at radius 1 is 1.12 bits per heavy atom. The van der Waals surface area contributed by atoms with E-state index in [9.17, 15) is 9.59 Å². The Morgan fingerprint density at radius 2 is 1.92 bits per heavy atom. The van der Waals surface area contributed by atoms with Crippen LogP contribution >= 0.6 is 11.6 Å². The maximum absolute atomic E-state index is 12.7. The fourth-order valence-electron chi connectivity index (χ4n) is 2.88. The lowest BCUT2D eigenvalue weighted by atomic mass is 10.2. The van der Waals surface area contributed by atoms with Crippen LogP contribution in [0.25, 0.3) is 5.69 Å². The average molecular weight is 356 g/mol. The highest BCUT2D eigenvalue weighted by Gasteiger charge is 2.26. The van der Waals surface area contributed by atoms with Crippen LogP contribution in [0.1, 0.15) is 16.2 Å². The predicted molar refractivity (Wildman–Crippen MR) is 91.8 cm³/mol. The molecule has 25 heavy (non-hydrogen) atoms. The minimum Gasteiger partial charge on any atom is -0.329 e. The van der Waals surface area contributed by atoms with Gasteiger partial charge in [0.05, 0.1) is 12.2 Å². The molecule has 126 valence electrons. The van der Waals surface area contributed by atoms with Crippen molar-refractivity contribution in [2.75, 3.05) is 6.54 Å². The van der Waals surface area contributed by atoms with Gasteiger partial charge in [0.2, 0.25) is 0 Å². The van der Waals surface area contributed by atoms with Gasteiger partial charge in [0.15, 0.2) is 5.82 Å². The fraction of sp³-hybridized carbons (Fsp3) is 0.176. The van der Waals surface area contributed by atoms with Crippen LogP contribution in [-0.2, 0) is 13.1 Å². The molecule has 7 nitrogen and oxygen atoms in total. The molecule has 8 heteroatoms. The van der Waals surface area contributed by atoms with Crippen LogP contribution < -0.4 is 5.69 Å². The van der Waals surface area contributed by atoms with Crippen LogP contribution in [-0.4, -0.2) is 36.7 Å². The number of nitrogens with zero attached hydrogens (tertiary/aromatic N) is 5. The lowest BCUT2D eigenvalue weighted by Gasteiger charge is -2.26. The lowest BCUT2D eigenvalue weighted by molar-refractivity contribution is 0.0706. The molecule has 4 rings (SSSR count). The number of aromatic nitrogens is 4. The van der Waals surface area contributed by atoms with Crippen LogP contribution in [0.3, 0.4) is 0 Å². The number of amides is 1. The predicted octanol–water partition coefficient (Wildman–Crippen LogP) is 1.74. The van der Waals surface area contributed by atoms with Crippen molar-refractivity contribution < 1.29 is 4.79 Å². The second kappa shape index (κ2) is 6.18. The summed E-state index contributed by atoms with van der Waals surface area (Å²) in [6.07, 6.45) is 3.21. The molecule has 3 heterocycles. The monoisotopic (exact) mass is 355 g/mol. The molecule has 0 unspecified atom stereocenters. The molecule has 2 aromatic heterocycles. The highest BCUT2D eigenvalue weighted by molar-refractivity contribution is 6.30. The van der Waals surface area contributed by atoms with Crippen molar-refractivity contribution in [2.45, 2.75) is 13.1 Å². The first-order chi connectivity index (χ1) is 12.1. The van der Waals surface area contributed by atoms with Gasteiger partial charge in [0.25, 0.3) is 5.91 Å². The van der Waals surface area contributed by atoms with Crippen molar-refractivity contribution in [3.63, 3.8) is 0 Å². The summed E-state index contributed by atoms with van der Waals surface area (Å²) in [4.78, 5) is 30.8. The Kier molecular flexibility index (Phi) is 3.85. The van der Waals surface area contributed by atoms with Crippen molar-refractivity contribution in [2.24, 2.45) is 0 Å². The first-order valence-electron chi connectivity index (χ1n) is 7.77. The normalized spacial score (nSPS) is 13.6. The topological polar surface area (TPSA) is 73.0 Å². The molecule has 1 aromatic carbocycles. The minimum absolute atomic E-state index is 0.125. The van der Waals surface area contributed by atoms with E-state index in [4.69, 9.17) is 11.6 Å². The summed E-state index contributed by atoms with van der Waals surface area (Å²) in [5.41, 5.74) is 0.961. The summed E-state index contributed by atoms with van der Waals surface area (Å²) in [6.45, 7) is 1.13. The van der Waals surface area contributed by atoms with E-state index in [-0.39, 0.29) is 18.1 Å². The van der Waals surface area contributed by atoms with Crippen molar-refractivity contribution >= 4 is 17.5 Å². The molecule has 0 saturated heterocycles. The van der Waals surface area contributed by atoms with Gasteiger partial charge in [0, 0.05) is 36.1 Å². The molecule has 0 bridgehead atoms. The molecular formula is C17H14ClN5O2. The molecule has 0 spiro atoms. The number of carbonyl (C=O) groups is 1. The van der Waals surface area contributed by atoms with Crippen LogP contribution in [0.5, 0.6) is 0 Å². The number of carbonyl (C=O) groups excluding carboxylic acids is 1. The van der Waals surface area contributed by atoms with Crippen LogP contribution in [0.2, 0.25) is 5.02 Å². The van der Waals surface area contributed by atoms with E-state index in [0.717, 1.165) is 0 Å². The molecular weight excluding hydrogens is 342 g/mol. The Balaban J connectivity index is 1.64. The van der Waals surface area contributed by atoms with E-state index in [0.29, 0.717) is 35.2 Å². The van der Waals surface area contributed by atoms with Gasteiger partial charge >= 0.3 is 5.69 Å². The zero-order chi connectivity index (χ0) is 17.4. The Morgan fingerprint density at radius 3 is 2.68 bits per heavy atom. The third-order valence-corrected chi connectivity index (χ3v) is 4.37. The summed E-state index contributed by atoms with van der Waals surface area (Å²) in [7, 11) is 0. The third-order valence-electron chi connectivity index (χ3n) is 4.13. The SMILES string of the molecule is O=C(c1cccc(Cl)c1)N1CCn2c(nn(-c3ccncc3)c2=O)C1. The molecule has 0 N–H and O–H groups in total. The minimum atomic E-state index is -0.212. The zero-order valence-electron chi connectivity index (χ0n) is 13.2. The molecule has 0 aliphatic carbocycles. The number of hydrogen-bond acceptors (Lipinski definition) is 4. The van der Waals surface area contributed by atoms with Gasteiger partial charge in [-0.25, -0.2) is 4.79 Å². The van der Waals surface area contributed by atoms with Gasteiger partial charge in [-0.05, 0) is 30.3 Å². The summed E-state index contributed by atoms with van der Waals surface area (Å²) in [5, 5.41) is 4.90. The van der Waals surface area contributed by atoms with Gasteiger partial charge in [0.1, 0.15) is 0 Å². The van der Waals surface area contributed by atoms with Gasteiger partial charge in [-0.1, -0.05) is 17.7 Å². The third kappa shape index (κ3) is 2.83. The van der Waals surface area contributed by atoms with Crippen LogP contribution in [0.4, 0.5) is 0 Å². The summed E-state index contributed by atoms with van der Waals surface area (Å²) >= 11 is 5.96. The zero-order valence-corrected chi connectivity index (χ0v) is 13.9. The Bertz CT molecular complexity index is 996. The number of hydrogen-bond donors (Lipinski definition) is 0. The van der Waals surface area contributed by atoms with Crippen LogP contribution in [0.15, 0.2) is 53.6 Å². The van der Waals surface area contributed by atoms with Gasteiger partial charge in [-0.3, -0.25) is 14.3 Å². The lowest BCUT2D eigenvalue weighted by Crippen LogP contribution is -2.40. The number of halogens is 1. The van der Waals surface area contributed by atoms with E-state index in [1.807, 2.05) is 0 Å². The van der Waals surface area contributed by atoms with Crippen LogP contribution in [0, 0.1) is 0 Å². The Labute approximate surface area is 148 Å². The van der Waals surface area contributed by atoms with E-state index < -0.39 is 0 Å². The molecule has 1 aliphatic rings. The summed E-state index contributed by atoms with van der Waals surface area (Å²) in [5.74, 6) is 0.433. The number of rotatable bonds is 2. The number of fused-ring (bicyclic) bond motifs is 1. The second-order valence-electron chi connectivity index (χ2n) is 5.70. The number of benzene rings is 1. The first-order valence-corrected chi connectivity index (χ1v) is 8.15. The summed E-state index contributed by atoms with van der Waals surface area (Å²) < 4.78 is 2.94. The standard InChI is InChI=1S/C17H14ClN5O2/c18-13-3-1-2-12(10-13)16(24)21-8-9-22-15(11-21)20-23(17(22)25)14-4-6-19-7-5-14/h1-7,10H,8-9,11H2. The molecule has 0 fully saturated rings. The van der Waals surface area contributed by atoms with Gasteiger partial charge in [-0.15, -0.1) is 5.10 Å². The summed E-state index contributed by atoms with van der Waals surface area (Å²) in [6, 6.07) is 10.3. The fourth-order valence-corrected chi connectivity index (χ4v) is 3.07. The maximum atomic E-state index is 12.7. The second-order valence-corrected chi connectivity index (χ2v) is 6.14. The van der Waals surface area contributed by atoms with E-state index in [1.165, 1.54) is 4.68 Å². The van der Waals surface area contributed by atoms with E-state index in [2.05, 4.69) is 10.1 Å². The molecule has 0 saturated carbocycles. The smallest absolute Gasteiger partial charge is 0.329 e. The molecule has 1 amide bonds. The number of pyridine rings is 1. The molecule has 0 atom stereocenters. The Hall–Kier alpha value is -2.93. The van der Waals surface area contributed by atoms with Gasteiger partial charge < -0.3 is 4.90 Å². The highest BCUT2D eigenvalue weighted by Crippen LogP contribution is 2.16. The first kappa shape index (κ1) is 15.6. The molecule has 3 aromatic rings. The maximum Gasteiger partial charge on any atom is 0.350 e. The molecule has 1 aliphatic heterocycles. The van der Waals surface area contributed by atoms with Crippen molar-refractivity contribution in [3.8, 4) is 5.69 Å². The van der Waals surface area contributed by atoms with Crippen molar-refractivity contribution in [1.82, 2.24) is 24.2 Å². The highest BCUT2D eigenvalue weighted by atomic mass is 35.5.